The predicted octanol–water partition coefficient (Wildman–Crippen LogP) is 1.92. The van der Waals surface area contributed by atoms with Gasteiger partial charge in [0.2, 0.25) is 5.91 Å². The topological polar surface area (TPSA) is 55.6 Å². The summed E-state index contributed by atoms with van der Waals surface area (Å²) in [7, 11) is 0. The second-order valence-corrected chi connectivity index (χ2v) is 6.38. The van der Waals surface area contributed by atoms with Crippen molar-refractivity contribution in [2.75, 3.05) is 13.1 Å². The summed E-state index contributed by atoms with van der Waals surface area (Å²) in [6, 6.07) is 0.396. The number of carbonyl (C=O) groups excluding carboxylic acids is 1. The van der Waals surface area contributed by atoms with Gasteiger partial charge < -0.3 is 15.4 Å². The third-order valence-electron chi connectivity index (χ3n) is 4.43. The lowest BCUT2D eigenvalue weighted by Crippen LogP contribution is -2.48. The first-order chi connectivity index (χ1) is 9.04. The van der Waals surface area contributed by atoms with E-state index in [0.29, 0.717) is 24.3 Å². The predicted molar refractivity (Wildman–Crippen MR) is 75.8 cm³/mol. The fourth-order valence-corrected chi connectivity index (χ4v) is 3.34. The van der Waals surface area contributed by atoms with Crippen LogP contribution >= 0.6 is 0 Å². The maximum atomic E-state index is 12.2. The van der Waals surface area contributed by atoms with Gasteiger partial charge in [0.05, 0.1) is 12.2 Å². The molecule has 2 aliphatic rings. The normalized spacial score (nSPS) is 36.3. The van der Waals surface area contributed by atoms with E-state index in [1.54, 1.807) is 0 Å². The van der Waals surface area contributed by atoms with E-state index in [1.807, 2.05) is 18.7 Å². The van der Waals surface area contributed by atoms with Gasteiger partial charge in [0.1, 0.15) is 0 Å². The van der Waals surface area contributed by atoms with Crippen LogP contribution in [0.5, 0.6) is 0 Å². The van der Waals surface area contributed by atoms with Crippen molar-refractivity contribution in [3.05, 3.63) is 0 Å². The number of ether oxygens (including phenoxy) is 1. The monoisotopic (exact) mass is 268 g/mol. The van der Waals surface area contributed by atoms with Crippen molar-refractivity contribution in [1.82, 2.24) is 4.90 Å². The van der Waals surface area contributed by atoms with Gasteiger partial charge >= 0.3 is 0 Å². The number of hydrogen-bond donors (Lipinski definition) is 1. The lowest BCUT2D eigenvalue weighted by molar-refractivity contribution is -0.143. The number of hydrogen-bond acceptors (Lipinski definition) is 3. The summed E-state index contributed by atoms with van der Waals surface area (Å²) in [5.74, 6) is 1.01. The summed E-state index contributed by atoms with van der Waals surface area (Å²) < 4.78 is 5.67. The Balaban J connectivity index is 1.72. The summed E-state index contributed by atoms with van der Waals surface area (Å²) >= 11 is 0. The molecule has 0 aromatic carbocycles. The molecular weight excluding hydrogens is 240 g/mol. The Labute approximate surface area is 116 Å². The molecule has 0 spiro atoms. The third kappa shape index (κ3) is 4.46. The molecule has 0 radical (unpaired) electrons. The van der Waals surface area contributed by atoms with E-state index in [1.165, 1.54) is 12.8 Å². The highest BCUT2D eigenvalue weighted by molar-refractivity contribution is 5.76. The van der Waals surface area contributed by atoms with Crippen molar-refractivity contribution in [3.8, 4) is 0 Å². The molecule has 2 rings (SSSR count). The van der Waals surface area contributed by atoms with Crippen LogP contribution in [0, 0.1) is 5.92 Å². The van der Waals surface area contributed by atoms with Crippen LogP contribution in [0.4, 0.5) is 0 Å². The molecule has 2 unspecified atom stereocenters. The van der Waals surface area contributed by atoms with E-state index >= 15 is 0 Å². The van der Waals surface area contributed by atoms with Crippen LogP contribution in [0.3, 0.4) is 0 Å². The van der Waals surface area contributed by atoms with Crippen molar-refractivity contribution >= 4 is 5.91 Å². The lowest BCUT2D eigenvalue weighted by Gasteiger charge is -2.35. The number of nitrogens with two attached hydrogens (primary N) is 1. The minimum absolute atomic E-state index is 0.167. The van der Waals surface area contributed by atoms with E-state index < -0.39 is 0 Å². The fraction of sp³-hybridized carbons (Fsp3) is 0.933. The van der Waals surface area contributed by atoms with Gasteiger partial charge in [-0.25, -0.2) is 0 Å². The highest BCUT2D eigenvalue weighted by atomic mass is 16.5. The van der Waals surface area contributed by atoms with Crippen LogP contribution < -0.4 is 5.73 Å². The Hall–Kier alpha value is -0.610. The molecule has 1 saturated heterocycles. The number of carbonyl (C=O) groups is 1. The molecule has 0 aromatic heterocycles. The highest BCUT2D eigenvalue weighted by Crippen LogP contribution is 2.27. The number of morpholine rings is 1. The van der Waals surface area contributed by atoms with Crippen LogP contribution in [0.25, 0.3) is 0 Å². The van der Waals surface area contributed by atoms with E-state index in [9.17, 15) is 4.79 Å². The molecule has 1 amide bonds. The quantitative estimate of drug-likeness (QED) is 0.851. The molecule has 4 nitrogen and oxygen atoms in total. The van der Waals surface area contributed by atoms with Crippen LogP contribution in [-0.4, -0.2) is 42.1 Å². The second kappa shape index (κ2) is 6.71. The zero-order valence-corrected chi connectivity index (χ0v) is 12.3. The van der Waals surface area contributed by atoms with Crippen LogP contribution in [0.15, 0.2) is 0 Å². The molecule has 0 aromatic rings. The van der Waals surface area contributed by atoms with Crippen molar-refractivity contribution in [2.24, 2.45) is 11.7 Å². The van der Waals surface area contributed by atoms with Gasteiger partial charge in [-0.05, 0) is 51.9 Å². The summed E-state index contributed by atoms with van der Waals surface area (Å²) in [6.45, 7) is 5.58. The fourth-order valence-electron chi connectivity index (χ4n) is 3.34. The van der Waals surface area contributed by atoms with Gasteiger partial charge in [0, 0.05) is 25.6 Å². The van der Waals surface area contributed by atoms with Gasteiger partial charge in [0.15, 0.2) is 0 Å². The highest BCUT2D eigenvalue weighted by Gasteiger charge is 2.26. The van der Waals surface area contributed by atoms with Gasteiger partial charge in [0.25, 0.3) is 0 Å². The Kier molecular flexibility index (Phi) is 5.22. The Morgan fingerprint density at radius 2 is 1.74 bits per heavy atom. The molecule has 2 fully saturated rings. The molecule has 1 aliphatic carbocycles. The Morgan fingerprint density at radius 1 is 1.16 bits per heavy atom. The van der Waals surface area contributed by atoms with Gasteiger partial charge in [-0.3, -0.25) is 4.79 Å². The molecule has 2 atom stereocenters. The lowest BCUT2D eigenvalue weighted by atomic mass is 9.83. The second-order valence-electron chi connectivity index (χ2n) is 6.38. The van der Waals surface area contributed by atoms with Gasteiger partial charge in [-0.15, -0.1) is 0 Å². The largest absolute Gasteiger partial charge is 0.372 e. The molecule has 1 aliphatic heterocycles. The summed E-state index contributed by atoms with van der Waals surface area (Å²) in [5, 5.41) is 0. The smallest absolute Gasteiger partial charge is 0.222 e. The first kappa shape index (κ1) is 14.8. The van der Waals surface area contributed by atoms with E-state index in [2.05, 4.69) is 0 Å². The molecule has 2 N–H and O–H groups in total. The van der Waals surface area contributed by atoms with Crippen molar-refractivity contribution in [3.63, 3.8) is 0 Å². The minimum Gasteiger partial charge on any atom is -0.372 e. The van der Waals surface area contributed by atoms with E-state index in [0.717, 1.165) is 32.4 Å². The van der Waals surface area contributed by atoms with Crippen LogP contribution in [0.1, 0.15) is 52.4 Å². The molecular formula is C15H28N2O2. The third-order valence-corrected chi connectivity index (χ3v) is 4.43. The molecule has 110 valence electrons. The molecule has 4 heteroatoms. The van der Waals surface area contributed by atoms with E-state index in [4.69, 9.17) is 10.5 Å². The average Bonchev–Trinajstić information content (AvgIpc) is 2.36. The number of rotatable bonds is 3. The summed E-state index contributed by atoms with van der Waals surface area (Å²) in [6.07, 6.45) is 6.72. The zero-order valence-electron chi connectivity index (χ0n) is 12.3. The first-order valence-electron chi connectivity index (χ1n) is 7.73. The Morgan fingerprint density at radius 3 is 2.32 bits per heavy atom. The summed E-state index contributed by atoms with van der Waals surface area (Å²) in [4.78, 5) is 14.2. The maximum Gasteiger partial charge on any atom is 0.222 e. The van der Waals surface area contributed by atoms with Crippen molar-refractivity contribution in [2.45, 2.75) is 70.6 Å². The first-order valence-corrected chi connectivity index (χ1v) is 7.73. The van der Waals surface area contributed by atoms with Gasteiger partial charge in [-0.2, -0.15) is 0 Å². The number of amides is 1. The van der Waals surface area contributed by atoms with E-state index in [-0.39, 0.29) is 12.2 Å². The molecule has 1 saturated carbocycles. The minimum atomic E-state index is 0.167. The molecule has 1 heterocycles. The standard InChI is InChI=1S/C15H28N2O2/c1-11-9-17(10-12(2)19-11)15(18)8-5-13-3-6-14(16)7-4-13/h11-14H,3-10,16H2,1-2H3. The van der Waals surface area contributed by atoms with Gasteiger partial charge in [-0.1, -0.05) is 0 Å². The molecule has 0 bridgehead atoms. The molecule has 19 heavy (non-hydrogen) atoms. The van der Waals surface area contributed by atoms with Crippen LogP contribution in [0.2, 0.25) is 0 Å². The number of nitrogens with zero attached hydrogens (tertiary/aromatic N) is 1. The van der Waals surface area contributed by atoms with Crippen molar-refractivity contribution in [1.29, 1.82) is 0 Å². The SMILES string of the molecule is CC1CN(C(=O)CCC2CCC(N)CC2)CC(C)O1. The Bertz CT molecular complexity index is 291. The zero-order chi connectivity index (χ0) is 13.8. The average molecular weight is 268 g/mol. The van der Waals surface area contributed by atoms with Crippen LogP contribution in [-0.2, 0) is 9.53 Å². The maximum absolute atomic E-state index is 12.2. The summed E-state index contributed by atoms with van der Waals surface area (Å²) in [5.41, 5.74) is 5.91. The van der Waals surface area contributed by atoms with Crippen molar-refractivity contribution < 1.29 is 9.53 Å².